The molecular weight excluding hydrogens is 337 g/mol. The molecule has 0 radical (unpaired) electrons. The number of hydrogen-bond acceptors (Lipinski definition) is 2. The molecule has 0 saturated heterocycles. The SMILES string of the molecule is B=C1CCC[C@H]1c1ncc(-c2ccc3cc(Br)ccc3n2)[nH]1. The van der Waals surface area contributed by atoms with E-state index in [0.717, 1.165) is 45.4 Å². The van der Waals surface area contributed by atoms with Crippen LogP contribution in [-0.2, 0) is 0 Å². The number of nitrogens with zero attached hydrogens (tertiary/aromatic N) is 2. The number of rotatable bonds is 2. The molecule has 1 saturated carbocycles. The van der Waals surface area contributed by atoms with Gasteiger partial charge in [-0.05, 0) is 0 Å². The molecule has 0 spiro atoms. The molecule has 0 unspecified atom stereocenters. The Bertz CT molecular complexity index is 871. The summed E-state index contributed by atoms with van der Waals surface area (Å²) in [6.07, 6.45) is 5.35. The molecule has 1 aliphatic rings. The number of nitrogens with one attached hydrogen (secondary N) is 1. The summed E-state index contributed by atoms with van der Waals surface area (Å²) in [5, 5.41) is 1.13. The fraction of sp³-hybridized carbons (Fsp3) is 0.235. The van der Waals surface area contributed by atoms with Gasteiger partial charge < -0.3 is 0 Å². The summed E-state index contributed by atoms with van der Waals surface area (Å²) < 4.78 is 1.07. The Morgan fingerprint density at radius 3 is 2.95 bits per heavy atom. The third kappa shape index (κ3) is 2.43. The van der Waals surface area contributed by atoms with Gasteiger partial charge in [0.15, 0.2) is 0 Å². The summed E-state index contributed by atoms with van der Waals surface area (Å²) in [5.41, 5.74) is 4.18. The van der Waals surface area contributed by atoms with E-state index in [0.29, 0.717) is 5.92 Å². The molecule has 2 heterocycles. The van der Waals surface area contributed by atoms with Crippen molar-refractivity contribution in [2.45, 2.75) is 25.2 Å². The average molecular weight is 352 g/mol. The van der Waals surface area contributed by atoms with Gasteiger partial charge in [0.2, 0.25) is 0 Å². The van der Waals surface area contributed by atoms with Crippen LogP contribution < -0.4 is 0 Å². The van der Waals surface area contributed by atoms with Gasteiger partial charge in [-0.25, -0.2) is 0 Å². The van der Waals surface area contributed by atoms with Crippen LogP contribution in [0.5, 0.6) is 0 Å². The first-order valence-corrected chi connectivity index (χ1v) is 8.29. The minimum atomic E-state index is 0.380. The molecule has 2 aromatic heterocycles. The second-order valence-electron chi connectivity index (χ2n) is 5.82. The van der Waals surface area contributed by atoms with Crippen molar-refractivity contribution < 1.29 is 0 Å². The zero-order chi connectivity index (χ0) is 15.1. The van der Waals surface area contributed by atoms with Crippen molar-refractivity contribution in [3.8, 4) is 11.4 Å². The average Bonchev–Trinajstić information content (AvgIpc) is 3.15. The van der Waals surface area contributed by atoms with E-state index in [4.69, 9.17) is 4.98 Å². The van der Waals surface area contributed by atoms with E-state index in [1.54, 1.807) is 0 Å². The van der Waals surface area contributed by atoms with Crippen LogP contribution in [0.4, 0.5) is 0 Å². The van der Waals surface area contributed by atoms with Gasteiger partial charge in [-0.1, -0.05) is 0 Å². The van der Waals surface area contributed by atoms with Crippen LogP contribution in [0.2, 0.25) is 0 Å². The van der Waals surface area contributed by atoms with Crippen LogP contribution >= 0.6 is 15.9 Å². The van der Waals surface area contributed by atoms with Gasteiger partial charge in [0, 0.05) is 0 Å². The Hall–Kier alpha value is -1.75. The third-order valence-electron chi connectivity index (χ3n) is 4.34. The van der Waals surface area contributed by atoms with Crippen molar-refractivity contribution in [2.75, 3.05) is 0 Å². The fourth-order valence-electron chi connectivity index (χ4n) is 3.13. The Morgan fingerprint density at radius 1 is 1.23 bits per heavy atom. The molecule has 3 nitrogen and oxygen atoms in total. The van der Waals surface area contributed by atoms with Crippen molar-refractivity contribution >= 4 is 39.8 Å². The maximum absolute atomic E-state index is 4.73. The van der Waals surface area contributed by atoms with Crippen molar-refractivity contribution in [3.05, 3.63) is 46.8 Å². The molecule has 1 atom stereocenters. The Labute approximate surface area is 138 Å². The molecule has 1 N–H and O–H groups in total. The molecule has 0 aliphatic heterocycles. The summed E-state index contributed by atoms with van der Waals surface area (Å²) in [5.74, 6) is 1.40. The van der Waals surface area contributed by atoms with Crippen LogP contribution in [0.25, 0.3) is 22.3 Å². The third-order valence-corrected chi connectivity index (χ3v) is 4.83. The number of imidazole rings is 1. The van der Waals surface area contributed by atoms with Crippen LogP contribution in [0.15, 0.2) is 41.0 Å². The van der Waals surface area contributed by atoms with E-state index >= 15 is 0 Å². The second-order valence-corrected chi connectivity index (χ2v) is 6.73. The maximum atomic E-state index is 4.73. The van der Waals surface area contributed by atoms with E-state index in [-0.39, 0.29) is 0 Å². The standard InChI is InChI=1S/C17H15BBrN3/c18-13-3-1-2-12(13)17-20-9-16(22-17)15-6-4-10-8-11(19)5-7-14(10)21-15/h4-9,12,18H,1-3H2,(H,20,22)/t12-/m1/s1. The van der Waals surface area contributed by atoms with Crippen LogP contribution in [-0.4, -0.2) is 27.9 Å². The molecule has 0 bridgehead atoms. The Morgan fingerprint density at radius 2 is 2.14 bits per heavy atom. The predicted octanol–water partition coefficient (Wildman–Crippen LogP) is 3.73. The van der Waals surface area contributed by atoms with Gasteiger partial charge in [0.1, 0.15) is 0 Å². The van der Waals surface area contributed by atoms with E-state index in [2.05, 4.69) is 45.5 Å². The van der Waals surface area contributed by atoms with Crippen molar-refractivity contribution in [3.63, 3.8) is 0 Å². The minimum absolute atomic E-state index is 0.380. The number of H-pyrrole nitrogens is 1. The second kappa shape index (κ2) is 5.47. The number of pyridine rings is 1. The topological polar surface area (TPSA) is 41.6 Å². The van der Waals surface area contributed by atoms with Gasteiger partial charge in [-0.2, -0.15) is 0 Å². The molecule has 4 rings (SSSR count). The first kappa shape index (κ1) is 13.9. The molecular formula is C17H15BBrN3. The van der Waals surface area contributed by atoms with Crippen molar-refractivity contribution in [1.82, 2.24) is 15.0 Å². The predicted molar refractivity (Wildman–Crippen MR) is 95.8 cm³/mol. The van der Waals surface area contributed by atoms with E-state index < -0.39 is 0 Å². The Kier molecular flexibility index (Phi) is 3.45. The van der Waals surface area contributed by atoms with Crippen LogP contribution in [0, 0.1) is 0 Å². The van der Waals surface area contributed by atoms with Crippen molar-refractivity contribution in [2.24, 2.45) is 0 Å². The summed E-state index contributed by atoms with van der Waals surface area (Å²) >= 11 is 3.49. The number of benzene rings is 1. The molecule has 5 heteroatoms. The van der Waals surface area contributed by atoms with E-state index in [9.17, 15) is 0 Å². The molecule has 1 aromatic carbocycles. The summed E-state index contributed by atoms with van der Waals surface area (Å²) in [4.78, 5) is 12.7. The first-order chi connectivity index (χ1) is 10.7. The molecule has 1 fully saturated rings. The molecule has 22 heavy (non-hydrogen) atoms. The summed E-state index contributed by atoms with van der Waals surface area (Å²) in [6, 6.07) is 10.2. The molecule has 1 aliphatic carbocycles. The van der Waals surface area contributed by atoms with Gasteiger partial charge in [0.05, 0.1) is 0 Å². The number of aromatic amines is 1. The van der Waals surface area contributed by atoms with Crippen molar-refractivity contribution in [1.29, 1.82) is 0 Å². The van der Waals surface area contributed by atoms with E-state index in [1.165, 1.54) is 11.9 Å². The Balaban J connectivity index is 1.71. The number of halogens is 1. The molecule has 0 amide bonds. The number of aromatic nitrogens is 3. The molecule has 3 aromatic rings. The zero-order valence-electron chi connectivity index (χ0n) is 12.1. The fourth-order valence-corrected chi connectivity index (χ4v) is 3.51. The van der Waals surface area contributed by atoms with Gasteiger partial charge in [0.25, 0.3) is 0 Å². The zero-order valence-corrected chi connectivity index (χ0v) is 13.7. The van der Waals surface area contributed by atoms with E-state index in [1.807, 2.05) is 24.4 Å². The van der Waals surface area contributed by atoms with Gasteiger partial charge in [-0.3, -0.25) is 0 Å². The van der Waals surface area contributed by atoms with Gasteiger partial charge in [-0.15, -0.1) is 0 Å². The first-order valence-electron chi connectivity index (χ1n) is 7.50. The monoisotopic (exact) mass is 351 g/mol. The number of hydrogen-bond donors (Lipinski definition) is 1. The normalized spacial score (nSPS) is 18.2. The quantitative estimate of drug-likeness (QED) is 0.715. The summed E-state index contributed by atoms with van der Waals surface area (Å²) in [7, 11) is 4.16. The van der Waals surface area contributed by atoms with Gasteiger partial charge >= 0.3 is 138 Å². The number of fused-ring (bicyclic) bond motifs is 1. The summed E-state index contributed by atoms with van der Waals surface area (Å²) in [6.45, 7) is 0. The molecule has 108 valence electrons. The van der Waals surface area contributed by atoms with Crippen LogP contribution in [0.1, 0.15) is 31.0 Å². The van der Waals surface area contributed by atoms with Crippen LogP contribution in [0.3, 0.4) is 0 Å².